The number of imidazole rings is 1. The zero-order valence-corrected chi connectivity index (χ0v) is 27.9. The van der Waals surface area contributed by atoms with Crippen LogP contribution in [0.25, 0.3) is 18.0 Å². The highest BCUT2D eigenvalue weighted by Crippen LogP contribution is 2.24. The maximum atomic E-state index is 10.2. The van der Waals surface area contributed by atoms with Gasteiger partial charge in [-0.05, 0) is 64.8 Å². The molecular weight excluding hydrogens is 536 g/mol. The number of hydrogen-bond acceptors (Lipinski definition) is 5. The predicted molar refractivity (Wildman–Crippen MR) is 182 cm³/mol. The minimum absolute atomic E-state index is 0.0185. The molecule has 0 unspecified atom stereocenters. The van der Waals surface area contributed by atoms with Gasteiger partial charge in [-0.25, -0.2) is 4.98 Å². The molecule has 0 radical (unpaired) electrons. The van der Waals surface area contributed by atoms with Crippen molar-refractivity contribution >= 4 is 24.0 Å². The van der Waals surface area contributed by atoms with Crippen molar-refractivity contribution in [3.8, 4) is 11.4 Å². The molecule has 1 fully saturated rings. The number of phenols is 1. The van der Waals surface area contributed by atoms with Crippen molar-refractivity contribution < 1.29 is 15.0 Å². The number of aryl methyl sites for hydroxylation is 1. The Labute approximate surface area is 260 Å². The molecule has 7 heteroatoms. The number of hydrogen-bond donors (Lipinski definition) is 2. The molecule has 0 spiro atoms. The SMILES string of the molecule is C=c1/c(=C(/C)N=C(C)C)ncn1-c1ccncc1.CC.CCCCCCC.Cc1ccc(O)cc1.O=C(O)C1CCCC1. The van der Waals surface area contributed by atoms with Crippen molar-refractivity contribution in [1.29, 1.82) is 0 Å². The van der Waals surface area contributed by atoms with Crippen molar-refractivity contribution in [3.63, 3.8) is 0 Å². The lowest BCUT2D eigenvalue weighted by Gasteiger charge is -2.00. The largest absolute Gasteiger partial charge is 0.508 e. The standard InChI is InChI=1S/C14H16N4.C7H8O.C7H16.C6H10O2.C2H6/c1-10(2)17-11(3)14-12(4)18(9-16-14)13-5-7-15-8-6-13;1-6-2-4-7(8)5-3-6;1-3-5-7-6-4-2;7-6(8)5-3-1-2-4-5;1-2/h5-9H,4H2,1-3H3;2-5,8H,1H3;3-7H2,1-2H3;5H,1-4H2,(H,7,8);1-2H3/b14-11+;;;;. The number of phenolic OH excluding ortho intramolecular Hbond substituents is 1. The van der Waals surface area contributed by atoms with E-state index in [4.69, 9.17) is 10.2 Å². The Balaban J connectivity index is 0.000000591. The molecular formula is C36H56N4O3. The van der Waals surface area contributed by atoms with Gasteiger partial charge < -0.3 is 10.2 Å². The monoisotopic (exact) mass is 592 g/mol. The number of aromatic hydroxyl groups is 1. The van der Waals surface area contributed by atoms with E-state index in [1.165, 1.54) is 37.7 Å². The van der Waals surface area contributed by atoms with Crippen LogP contribution in [0, 0.1) is 12.8 Å². The minimum atomic E-state index is -0.609. The molecule has 43 heavy (non-hydrogen) atoms. The van der Waals surface area contributed by atoms with E-state index in [1.54, 1.807) is 30.9 Å². The van der Waals surface area contributed by atoms with E-state index in [0.29, 0.717) is 5.75 Å². The van der Waals surface area contributed by atoms with Crippen LogP contribution in [0.4, 0.5) is 0 Å². The lowest BCUT2D eigenvalue weighted by Crippen LogP contribution is -2.29. The van der Waals surface area contributed by atoms with Crippen LogP contribution in [-0.2, 0) is 4.79 Å². The number of aromatic nitrogens is 3. The Kier molecular flexibility index (Phi) is 21.7. The lowest BCUT2D eigenvalue weighted by atomic mass is 10.1. The van der Waals surface area contributed by atoms with Crippen molar-refractivity contribution in [3.05, 3.63) is 71.4 Å². The van der Waals surface area contributed by atoms with Crippen LogP contribution >= 0.6 is 0 Å². The number of carboxylic acid groups (broad SMARTS) is 1. The molecule has 4 rings (SSSR count). The molecule has 1 aliphatic carbocycles. The summed E-state index contributed by atoms with van der Waals surface area (Å²) in [5, 5.41) is 18.8. The lowest BCUT2D eigenvalue weighted by molar-refractivity contribution is -0.141. The second-order valence-corrected chi connectivity index (χ2v) is 10.5. The van der Waals surface area contributed by atoms with Crippen LogP contribution in [0.1, 0.15) is 112 Å². The Bertz CT molecular complexity index is 1250. The van der Waals surface area contributed by atoms with Gasteiger partial charge in [-0.15, -0.1) is 0 Å². The fourth-order valence-electron chi connectivity index (χ4n) is 4.19. The van der Waals surface area contributed by atoms with E-state index in [2.05, 4.69) is 35.4 Å². The molecule has 2 heterocycles. The van der Waals surface area contributed by atoms with Crippen LogP contribution in [0.2, 0.25) is 0 Å². The summed E-state index contributed by atoms with van der Waals surface area (Å²) in [6, 6.07) is 10.9. The number of unbranched alkanes of at least 4 members (excludes halogenated alkanes) is 4. The quantitative estimate of drug-likeness (QED) is 0.212. The third-order valence-electron chi connectivity index (χ3n) is 6.49. The first kappa shape index (κ1) is 39.3. The third kappa shape index (κ3) is 17.1. The first-order valence-corrected chi connectivity index (χ1v) is 15.7. The Morgan fingerprint density at radius 3 is 1.91 bits per heavy atom. The maximum absolute atomic E-state index is 10.2. The Hall–Kier alpha value is -3.74. The van der Waals surface area contributed by atoms with Gasteiger partial charge in [0.1, 0.15) is 17.4 Å². The predicted octanol–water partition coefficient (Wildman–Crippen LogP) is 8.25. The van der Waals surface area contributed by atoms with Crippen LogP contribution in [0.3, 0.4) is 0 Å². The van der Waals surface area contributed by atoms with Crippen LogP contribution in [0.5, 0.6) is 5.75 Å². The van der Waals surface area contributed by atoms with Gasteiger partial charge in [0.2, 0.25) is 0 Å². The van der Waals surface area contributed by atoms with Crippen LogP contribution < -0.4 is 10.7 Å². The van der Waals surface area contributed by atoms with E-state index in [9.17, 15) is 4.79 Å². The Morgan fingerprint density at radius 1 is 0.953 bits per heavy atom. The van der Waals surface area contributed by atoms with Crippen molar-refractivity contribution in [2.45, 2.75) is 113 Å². The average Bonchev–Trinajstić information content (AvgIpc) is 3.68. The second kappa shape index (κ2) is 23.8. The number of carbonyl (C=O) groups is 1. The molecule has 0 saturated heterocycles. The second-order valence-electron chi connectivity index (χ2n) is 10.5. The highest BCUT2D eigenvalue weighted by Gasteiger charge is 2.21. The van der Waals surface area contributed by atoms with Crippen molar-refractivity contribution in [1.82, 2.24) is 14.5 Å². The molecule has 238 valence electrons. The first-order chi connectivity index (χ1) is 20.6. The van der Waals surface area contributed by atoms with Gasteiger partial charge >= 0.3 is 5.97 Å². The summed E-state index contributed by atoms with van der Waals surface area (Å²) < 4.78 is 1.93. The molecule has 0 bridgehead atoms. The molecule has 7 nitrogen and oxygen atoms in total. The van der Waals surface area contributed by atoms with Gasteiger partial charge in [-0.1, -0.05) is 96.9 Å². The van der Waals surface area contributed by atoms with E-state index < -0.39 is 5.97 Å². The molecule has 1 aromatic carbocycles. The highest BCUT2D eigenvalue weighted by atomic mass is 16.4. The van der Waals surface area contributed by atoms with Gasteiger partial charge in [0.05, 0.1) is 22.7 Å². The third-order valence-corrected chi connectivity index (χ3v) is 6.49. The number of benzene rings is 1. The van der Waals surface area contributed by atoms with Gasteiger partial charge in [-0.3, -0.25) is 19.3 Å². The summed E-state index contributed by atoms with van der Waals surface area (Å²) in [5.74, 6) is -0.298. The van der Waals surface area contributed by atoms with Gasteiger partial charge in [0, 0.05) is 18.1 Å². The number of aliphatic carboxylic acids is 1. The van der Waals surface area contributed by atoms with Crippen LogP contribution in [-0.4, -0.2) is 36.4 Å². The van der Waals surface area contributed by atoms with Gasteiger partial charge in [0.15, 0.2) is 0 Å². The van der Waals surface area contributed by atoms with Crippen molar-refractivity contribution in [2.75, 3.05) is 0 Å². The van der Waals surface area contributed by atoms with E-state index in [-0.39, 0.29) is 5.92 Å². The van der Waals surface area contributed by atoms with E-state index in [1.807, 2.05) is 70.4 Å². The molecule has 0 atom stereocenters. The van der Waals surface area contributed by atoms with Gasteiger partial charge in [-0.2, -0.15) is 0 Å². The maximum Gasteiger partial charge on any atom is 0.306 e. The molecule has 2 N–H and O–H groups in total. The molecule has 2 aromatic heterocycles. The topological polar surface area (TPSA) is 101 Å². The summed E-state index contributed by atoms with van der Waals surface area (Å²) in [6.07, 6.45) is 16.3. The van der Waals surface area contributed by atoms with E-state index in [0.717, 1.165) is 53.5 Å². The highest BCUT2D eigenvalue weighted by molar-refractivity contribution is 5.82. The summed E-state index contributed by atoms with van der Waals surface area (Å²) in [5.41, 5.74) is 4.06. The fourth-order valence-corrected chi connectivity index (χ4v) is 4.19. The molecule has 1 aliphatic rings. The molecule has 3 aromatic rings. The number of carboxylic acids is 1. The fraction of sp³-hybridized carbons (Fsp3) is 0.500. The average molecular weight is 593 g/mol. The van der Waals surface area contributed by atoms with E-state index >= 15 is 0 Å². The number of nitrogens with zero attached hydrogens (tertiary/aromatic N) is 4. The molecule has 0 aliphatic heterocycles. The number of aliphatic imine (C=N–C) groups is 1. The Morgan fingerprint density at radius 2 is 1.49 bits per heavy atom. The molecule has 1 saturated carbocycles. The van der Waals surface area contributed by atoms with Crippen LogP contribution in [0.15, 0.2) is 60.1 Å². The zero-order valence-electron chi connectivity index (χ0n) is 27.9. The van der Waals surface area contributed by atoms with Gasteiger partial charge in [0.25, 0.3) is 0 Å². The smallest absolute Gasteiger partial charge is 0.306 e. The van der Waals surface area contributed by atoms with Crippen molar-refractivity contribution in [2.24, 2.45) is 10.9 Å². The first-order valence-electron chi connectivity index (χ1n) is 15.7. The summed E-state index contributed by atoms with van der Waals surface area (Å²) in [7, 11) is 0. The molecule has 0 amide bonds. The summed E-state index contributed by atoms with van der Waals surface area (Å²) >= 11 is 0. The summed E-state index contributed by atoms with van der Waals surface area (Å²) in [4.78, 5) is 23.0. The zero-order chi connectivity index (χ0) is 32.6. The minimum Gasteiger partial charge on any atom is -0.508 e. The summed E-state index contributed by atoms with van der Waals surface area (Å²) in [6.45, 7) is 20.4. The normalized spacial score (nSPS) is 12.5. The number of pyridine rings is 1. The number of rotatable bonds is 7.